The molecule has 1 aliphatic rings. The highest BCUT2D eigenvalue weighted by Gasteiger charge is 2.32. The molecule has 0 saturated carbocycles. The number of hydrogen-bond acceptors (Lipinski definition) is 0. The van der Waals surface area contributed by atoms with E-state index >= 15 is 0 Å². The Morgan fingerprint density at radius 3 is 2.17 bits per heavy atom. The lowest BCUT2D eigenvalue weighted by molar-refractivity contribution is -0.137. The molecule has 0 spiro atoms. The topological polar surface area (TPSA) is 0 Å². The summed E-state index contributed by atoms with van der Waals surface area (Å²) in [4.78, 5) is 0. The van der Waals surface area contributed by atoms with E-state index in [0.717, 1.165) is 40.3 Å². The SMILES string of the molecule is Cc1ccc2c(c1)-c1cc(C(F)(F)F)ccc1C2. The Kier molecular flexibility index (Phi) is 2.27. The van der Waals surface area contributed by atoms with Crippen LogP contribution >= 0.6 is 0 Å². The minimum atomic E-state index is -4.28. The normalized spacial score (nSPS) is 13.3. The van der Waals surface area contributed by atoms with Crippen LogP contribution in [0, 0.1) is 6.92 Å². The third-order valence-corrected chi connectivity index (χ3v) is 3.37. The van der Waals surface area contributed by atoms with Crippen molar-refractivity contribution in [2.75, 3.05) is 0 Å². The van der Waals surface area contributed by atoms with Gasteiger partial charge >= 0.3 is 6.18 Å². The molecule has 92 valence electrons. The number of halogens is 3. The molecule has 0 atom stereocenters. The lowest BCUT2D eigenvalue weighted by Gasteiger charge is -2.09. The van der Waals surface area contributed by atoms with Gasteiger partial charge in [-0.15, -0.1) is 0 Å². The number of aryl methyl sites for hydroxylation is 1. The van der Waals surface area contributed by atoms with Crippen LogP contribution in [0.2, 0.25) is 0 Å². The van der Waals surface area contributed by atoms with Gasteiger partial charge < -0.3 is 0 Å². The van der Waals surface area contributed by atoms with E-state index in [4.69, 9.17) is 0 Å². The predicted molar refractivity (Wildman–Crippen MR) is 64.4 cm³/mol. The third kappa shape index (κ3) is 1.70. The molecular weight excluding hydrogens is 237 g/mol. The molecule has 0 aromatic heterocycles. The van der Waals surface area contributed by atoms with Crippen LogP contribution in [0.25, 0.3) is 11.1 Å². The zero-order valence-electron chi connectivity index (χ0n) is 9.81. The molecule has 0 aliphatic heterocycles. The summed E-state index contributed by atoms with van der Waals surface area (Å²) in [5.74, 6) is 0. The van der Waals surface area contributed by atoms with Crippen molar-refractivity contribution in [3.63, 3.8) is 0 Å². The first-order chi connectivity index (χ1) is 8.45. The Hall–Kier alpha value is -1.77. The maximum Gasteiger partial charge on any atom is 0.416 e. The van der Waals surface area contributed by atoms with Crippen LogP contribution in [0.4, 0.5) is 13.2 Å². The van der Waals surface area contributed by atoms with E-state index < -0.39 is 11.7 Å². The average Bonchev–Trinajstić information content (AvgIpc) is 2.65. The Labute approximate surface area is 103 Å². The number of benzene rings is 2. The van der Waals surface area contributed by atoms with Gasteiger partial charge in [0.2, 0.25) is 0 Å². The fourth-order valence-corrected chi connectivity index (χ4v) is 2.46. The Bertz CT molecular complexity index is 624. The maximum absolute atomic E-state index is 12.7. The van der Waals surface area contributed by atoms with E-state index in [1.54, 1.807) is 6.07 Å². The second-order valence-electron chi connectivity index (χ2n) is 4.71. The molecule has 0 fully saturated rings. The first-order valence-electron chi connectivity index (χ1n) is 5.75. The summed E-state index contributed by atoms with van der Waals surface area (Å²) >= 11 is 0. The van der Waals surface area contributed by atoms with Crippen LogP contribution < -0.4 is 0 Å². The number of alkyl halides is 3. The van der Waals surface area contributed by atoms with Crippen molar-refractivity contribution < 1.29 is 13.2 Å². The van der Waals surface area contributed by atoms with Crippen molar-refractivity contribution >= 4 is 0 Å². The van der Waals surface area contributed by atoms with Crippen molar-refractivity contribution in [2.45, 2.75) is 19.5 Å². The van der Waals surface area contributed by atoms with E-state index in [0.29, 0.717) is 0 Å². The first kappa shape index (κ1) is 11.3. The van der Waals surface area contributed by atoms with E-state index in [-0.39, 0.29) is 0 Å². The van der Waals surface area contributed by atoms with E-state index in [2.05, 4.69) is 0 Å². The molecule has 3 heteroatoms. The van der Waals surface area contributed by atoms with Crippen molar-refractivity contribution in [3.05, 3.63) is 58.7 Å². The van der Waals surface area contributed by atoms with E-state index in [9.17, 15) is 13.2 Å². The van der Waals surface area contributed by atoms with Crippen LogP contribution in [-0.2, 0) is 12.6 Å². The van der Waals surface area contributed by atoms with Gasteiger partial charge in [0.15, 0.2) is 0 Å². The van der Waals surface area contributed by atoms with Gasteiger partial charge in [-0.1, -0.05) is 29.8 Å². The summed E-state index contributed by atoms with van der Waals surface area (Å²) in [5.41, 5.74) is 4.24. The third-order valence-electron chi connectivity index (χ3n) is 3.37. The highest BCUT2D eigenvalue weighted by Crippen LogP contribution is 2.40. The van der Waals surface area contributed by atoms with Crippen molar-refractivity contribution in [2.24, 2.45) is 0 Å². The number of fused-ring (bicyclic) bond motifs is 3. The van der Waals surface area contributed by atoms with Crippen molar-refractivity contribution in [1.82, 2.24) is 0 Å². The second kappa shape index (κ2) is 3.61. The molecule has 0 N–H and O–H groups in total. The summed E-state index contributed by atoms with van der Waals surface area (Å²) < 4.78 is 38.1. The largest absolute Gasteiger partial charge is 0.416 e. The molecule has 0 nitrogen and oxygen atoms in total. The van der Waals surface area contributed by atoms with E-state index in [1.165, 1.54) is 6.07 Å². The first-order valence-corrected chi connectivity index (χ1v) is 5.75. The molecule has 0 bridgehead atoms. The zero-order chi connectivity index (χ0) is 12.9. The lowest BCUT2D eigenvalue weighted by Crippen LogP contribution is -2.04. The lowest BCUT2D eigenvalue weighted by atomic mass is 10.0. The Morgan fingerprint density at radius 1 is 0.889 bits per heavy atom. The van der Waals surface area contributed by atoms with Gasteiger partial charge in [0.25, 0.3) is 0 Å². The van der Waals surface area contributed by atoms with Crippen LogP contribution in [-0.4, -0.2) is 0 Å². The zero-order valence-corrected chi connectivity index (χ0v) is 9.81. The molecule has 2 aromatic rings. The molecule has 3 rings (SSSR count). The molecule has 0 radical (unpaired) electrons. The summed E-state index contributed by atoms with van der Waals surface area (Å²) in [5, 5.41) is 0. The summed E-state index contributed by atoms with van der Waals surface area (Å²) in [6, 6.07) is 9.97. The molecule has 0 saturated heterocycles. The molecule has 0 heterocycles. The molecule has 18 heavy (non-hydrogen) atoms. The maximum atomic E-state index is 12.7. The minimum absolute atomic E-state index is 0.574. The highest BCUT2D eigenvalue weighted by atomic mass is 19.4. The van der Waals surface area contributed by atoms with E-state index in [1.807, 2.05) is 25.1 Å². The van der Waals surface area contributed by atoms with Crippen molar-refractivity contribution in [1.29, 1.82) is 0 Å². The summed E-state index contributed by atoms with van der Waals surface area (Å²) in [7, 11) is 0. The van der Waals surface area contributed by atoms with Crippen LogP contribution in [0.15, 0.2) is 36.4 Å². The molecule has 0 unspecified atom stereocenters. The van der Waals surface area contributed by atoms with Gasteiger partial charge in [-0.2, -0.15) is 13.2 Å². The molecule has 2 aromatic carbocycles. The fraction of sp³-hybridized carbons (Fsp3) is 0.200. The van der Waals surface area contributed by atoms with Gasteiger partial charge in [0.05, 0.1) is 5.56 Å². The second-order valence-corrected chi connectivity index (χ2v) is 4.71. The van der Waals surface area contributed by atoms with Gasteiger partial charge in [-0.3, -0.25) is 0 Å². The van der Waals surface area contributed by atoms with Crippen molar-refractivity contribution in [3.8, 4) is 11.1 Å². The highest BCUT2D eigenvalue weighted by molar-refractivity contribution is 5.77. The van der Waals surface area contributed by atoms with Gasteiger partial charge in [-0.05, 0) is 47.7 Å². The average molecular weight is 248 g/mol. The molecular formula is C15H11F3. The van der Waals surface area contributed by atoms with Gasteiger partial charge in [0.1, 0.15) is 0 Å². The van der Waals surface area contributed by atoms with Gasteiger partial charge in [-0.25, -0.2) is 0 Å². The Balaban J connectivity index is 2.19. The number of rotatable bonds is 0. The summed E-state index contributed by atoms with van der Waals surface area (Å²) in [6.07, 6.45) is -3.55. The minimum Gasteiger partial charge on any atom is -0.166 e. The smallest absolute Gasteiger partial charge is 0.166 e. The van der Waals surface area contributed by atoms with Gasteiger partial charge in [0, 0.05) is 0 Å². The molecule has 1 aliphatic carbocycles. The van der Waals surface area contributed by atoms with Crippen LogP contribution in [0.1, 0.15) is 22.3 Å². The standard InChI is InChI=1S/C15H11F3/c1-9-2-3-10-7-11-4-5-12(15(16,17)18)8-14(11)13(10)6-9/h2-6,8H,7H2,1H3. The fourth-order valence-electron chi connectivity index (χ4n) is 2.46. The van der Waals surface area contributed by atoms with Crippen LogP contribution in [0.5, 0.6) is 0 Å². The molecule has 0 amide bonds. The summed E-state index contributed by atoms with van der Waals surface area (Å²) in [6.45, 7) is 1.95. The Morgan fingerprint density at radius 2 is 1.50 bits per heavy atom. The van der Waals surface area contributed by atoms with Crippen LogP contribution in [0.3, 0.4) is 0 Å². The predicted octanol–water partition coefficient (Wildman–Crippen LogP) is 4.59. The number of hydrogen-bond donors (Lipinski definition) is 0. The quantitative estimate of drug-likeness (QED) is 0.546. The monoisotopic (exact) mass is 248 g/mol.